The number of likely N-dealkylation sites (tertiary alicyclic amines) is 1. The molecule has 0 bridgehead atoms. The van der Waals surface area contributed by atoms with Crippen molar-refractivity contribution in [3.8, 4) is 17.2 Å². The van der Waals surface area contributed by atoms with Crippen LogP contribution in [0.5, 0.6) is 17.2 Å². The Bertz CT molecular complexity index is 1490. The van der Waals surface area contributed by atoms with Gasteiger partial charge in [-0.3, -0.25) is 20.0 Å². The lowest BCUT2D eigenvalue weighted by Gasteiger charge is -2.22. The van der Waals surface area contributed by atoms with Crippen molar-refractivity contribution in [2.75, 3.05) is 45.8 Å². The average Bonchev–Trinajstić information content (AvgIpc) is 3.36. The molecule has 1 unspecified atom stereocenters. The molecule has 194 valence electrons. The van der Waals surface area contributed by atoms with Gasteiger partial charge in [0, 0.05) is 24.0 Å². The minimum absolute atomic E-state index is 0.167. The number of ether oxygens (including phenoxy) is 3. The first kappa shape index (κ1) is 24.7. The van der Waals surface area contributed by atoms with Crippen LogP contribution in [0.1, 0.15) is 18.5 Å². The Morgan fingerprint density at radius 1 is 1.08 bits per heavy atom. The van der Waals surface area contributed by atoms with E-state index >= 15 is 0 Å². The normalized spacial score (nSPS) is 15.8. The van der Waals surface area contributed by atoms with Gasteiger partial charge in [-0.25, -0.2) is 15.0 Å². The summed E-state index contributed by atoms with van der Waals surface area (Å²) in [6, 6.07) is 9.05. The first-order valence-corrected chi connectivity index (χ1v) is 12.2. The molecule has 1 aliphatic rings. The molecular formula is C26H30N6O5. The molecule has 11 heteroatoms. The lowest BCUT2D eigenvalue weighted by Crippen LogP contribution is -2.35. The molecule has 1 fully saturated rings. The number of anilines is 2. The number of hydrogen-bond donors (Lipinski definition) is 3. The van der Waals surface area contributed by atoms with Crippen LogP contribution in [-0.4, -0.2) is 76.5 Å². The smallest absolute Gasteiger partial charge is 0.260 e. The van der Waals surface area contributed by atoms with Crippen molar-refractivity contribution in [2.24, 2.45) is 0 Å². The summed E-state index contributed by atoms with van der Waals surface area (Å²) in [6.45, 7) is 4.20. The number of aliphatic hydroxyl groups excluding tert-OH is 1. The molecule has 4 aromatic rings. The Labute approximate surface area is 213 Å². The molecule has 37 heavy (non-hydrogen) atoms. The van der Waals surface area contributed by atoms with Crippen LogP contribution in [0.25, 0.3) is 21.8 Å². The van der Waals surface area contributed by atoms with E-state index in [-0.39, 0.29) is 24.2 Å². The van der Waals surface area contributed by atoms with Crippen LogP contribution in [0.2, 0.25) is 0 Å². The summed E-state index contributed by atoms with van der Waals surface area (Å²) in [7, 11) is 3.14. The summed E-state index contributed by atoms with van der Waals surface area (Å²) in [6.07, 6.45) is 2.10. The number of benzene rings is 2. The number of aliphatic hydroxyl groups is 1. The van der Waals surface area contributed by atoms with Gasteiger partial charge in [-0.2, -0.15) is 0 Å². The number of nitrogens with zero attached hydrogens (tertiary/aromatic N) is 4. The summed E-state index contributed by atoms with van der Waals surface area (Å²) < 4.78 is 16.6. The number of nitrogens with one attached hydrogen (secondary N) is 2. The Morgan fingerprint density at radius 3 is 2.68 bits per heavy atom. The molecule has 3 N–H and O–H groups in total. The minimum atomic E-state index is -0.304. The zero-order valence-electron chi connectivity index (χ0n) is 21.1. The average molecular weight is 507 g/mol. The quantitative estimate of drug-likeness (QED) is 0.311. The van der Waals surface area contributed by atoms with Crippen molar-refractivity contribution in [1.29, 1.82) is 0 Å². The lowest BCUT2D eigenvalue weighted by molar-refractivity contribution is 0.139. The number of aromatic nitrogens is 4. The van der Waals surface area contributed by atoms with Crippen LogP contribution in [0.3, 0.4) is 0 Å². The van der Waals surface area contributed by atoms with E-state index in [0.29, 0.717) is 46.2 Å². The summed E-state index contributed by atoms with van der Waals surface area (Å²) in [5.74, 6) is 2.27. The van der Waals surface area contributed by atoms with Crippen LogP contribution in [0.15, 0.2) is 35.1 Å². The van der Waals surface area contributed by atoms with Gasteiger partial charge in [0.25, 0.3) is 5.56 Å². The molecule has 11 nitrogen and oxygen atoms in total. The monoisotopic (exact) mass is 506 g/mol. The minimum Gasteiger partial charge on any atom is -0.493 e. The predicted octanol–water partition coefficient (Wildman–Crippen LogP) is 2.77. The van der Waals surface area contributed by atoms with E-state index < -0.39 is 0 Å². The Balaban J connectivity index is 1.34. The summed E-state index contributed by atoms with van der Waals surface area (Å²) >= 11 is 0. The number of H-pyrrole nitrogens is 1. The maximum Gasteiger partial charge on any atom is 0.260 e. The first-order valence-electron chi connectivity index (χ1n) is 12.2. The number of fused-ring (bicyclic) bond motifs is 2. The molecule has 0 spiro atoms. The third-order valence-electron chi connectivity index (χ3n) is 6.66. The van der Waals surface area contributed by atoms with E-state index in [1.165, 1.54) is 0 Å². The molecular weight excluding hydrogens is 476 g/mol. The van der Waals surface area contributed by atoms with Crippen molar-refractivity contribution < 1.29 is 19.3 Å². The summed E-state index contributed by atoms with van der Waals surface area (Å²) in [4.78, 5) is 31.4. The molecule has 2 aromatic carbocycles. The number of hydrogen-bond acceptors (Lipinski definition) is 10. The summed E-state index contributed by atoms with van der Waals surface area (Å²) in [5.41, 5.74) is 1.61. The van der Waals surface area contributed by atoms with Crippen LogP contribution >= 0.6 is 0 Å². The molecule has 2 aromatic heterocycles. The fourth-order valence-electron chi connectivity index (χ4n) is 4.71. The topological polar surface area (TPSA) is 135 Å². The number of aromatic amines is 1. The van der Waals surface area contributed by atoms with Crippen LogP contribution in [0, 0.1) is 6.92 Å². The molecule has 5 rings (SSSR count). The molecule has 0 saturated carbocycles. The first-order chi connectivity index (χ1) is 18.0. The van der Waals surface area contributed by atoms with Gasteiger partial charge in [0.15, 0.2) is 11.5 Å². The number of aryl methyl sites for hydroxylation is 1. The highest BCUT2D eigenvalue weighted by molar-refractivity contribution is 5.86. The third kappa shape index (κ3) is 5.13. The van der Waals surface area contributed by atoms with Gasteiger partial charge in [0.2, 0.25) is 11.9 Å². The second kappa shape index (κ2) is 10.6. The van der Waals surface area contributed by atoms with Crippen molar-refractivity contribution >= 4 is 33.7 Å². The molecule has 1 atom stereocenters. The molecule has 1 saturated heterocycles. The van der Waals surface area contributed by atoms with E-state index in [1.54, 1.807) is 38.5 Å². The fourth-order valence-corrected chi connectivity index (χ4v) is 4.71. The van der Waals surface area contributed by atoms with Gasteiger partial charge < -0.3 is 19.3 Å². The zero-order chi connectivity index (χ0) is 25.9. The molecule has 0 aliphatic carbocycles. The van der Waals surface area contributed by atoms with Gasteiger partial charge in [-0.05, 0) is 50.6 Å². The van der Waals surface area contributed by atoms with E-state index in [1.807, 2.05) is 13.0 Å². The highest BCUT2D eigenvalue weighted by Gasteiger charge is 2.23. The lowest BCUT2D eigenvalue weighted by atomic mass is 10.1. The van der Waals surface area contributed by atoms with E-state index in [0.717, 1.165) is 37.0 Å². The van der Waals surface area contributed by atoms with Gasteiger partial charge in [-0.15, -0.1) is 0 Å². The Morgan fingerprint density at radius 2 is 1.89 bits per heavy atom. The molecule has 0 radical (unpaired) electrons. The Hall–Kier alpha value is -3.96. The van der Waals surface area contributed by atoms with Gasteiger partial charge >= 0.3 is 0 Å². The standard InChI is InChI=1S/C26H30N6O5/c1-15-18-12-22(35-2)23(36-3)13-21(18)29-25(27-15)31-26-28-20-7-6-17(11-19(20)24(34)30-26)37-10-9-32-8-4-5-16(32)14-33/h6-7,11-13,16,33H,4-5,8-10,14H2,1-3H3,(H2,27,28,29,30,31,34). The number of methoxy groups -OCH3 is 2. The van der Waals surface area contributed by atoms with E-state index in [4.69, 9.17) is 14.2 Å². The second-order valence-corrected chi connectivity index (χ2v) is 8.94. The van der Waals surface area contributed by atoms with Crippen LogP contribution < -0.4 is 25.1 Å². The molecule has 0 amide bonds. The van der Waals surface area contributed by atoms with Crippen molar-refractivity contribution in [2.45, 2.75) is 25.8 Å². The largest absolute Gasteiger partial charge is 0.493 e. The fraction of sp³-hybridized carbons (Fsp3) is 0.385. The van der Waals surface area contributed by atoms with Gasteiger partial charge in [0.05, 0.1) is 42.9 Å². The molecule has 1 aliphatic heterocycles. The van der Waals surface area contributed by atoms with Crippen molar-refractivity contribution in [3.05, 3.63) is 46.4 Å². The third-order valence-corrected chi connectivity index (χ3v) is 6.66. The van der Waals surface area contributed by atoms with Crippen LogP contribution in [0.4, 0.5) is 11.9 Å². The predicted molar refractivity (Wildman–Crippen MR) is 140 cm³/mol. The highest BCUT2D eigenvalue weighted by atomic mass is 16.5. The van der Waals surface area contributed by atoms with Crippen LogP contribution in [-0.2, 0) is 0 Å². The van der Waals surface area contributed by atoms with Crippen molar-refractivity contribution in [3.63, 3.8) is 0 Å². The van der Waals surface area contributed by atoms with Crippen molar-refractivity contribution in [1.82, 2.24) is 24.8 Å². The van der Waals surface area contributed by atoms with E-state index in [9.17, 15) is 9.90 Å². The van der Waals surface area contributed by atoms with Gasteiger partial charge in [0.1, 0.15) is 12.4 Å². The van der Waals surface area contributed by atoms with Gasteiger partial charge in [-0.1, -0.05) is 0 Å². The molecule has 3 heterocycles. The zero-order valence-corrected chi connectivity index (χ0v) is 21.1. The summed E-state index contributed by atoms with van der Waals surface area (Å²) in [5, 5.41) is 13.7. The maximum absolute atomic E-state index is 12.8. The highest BCUT2D eigenvalue weighted by Crippen LogP contribution is 2.33. The SMILES string of the molecule is COc1cc2nc(Nc3nc4ccc(OCCN5CCCC5CO)cc4c(=O)[nH]3)nc(C)c2cc1OC. The number of rotatable bonds is 9. The second-order valence-electron chi connectivity index (χ2n) is 8.94. The van der Waals surface area contributed by atoms with E-state index in [2.05, 4.69) is 30.2 Å². The maximum atomic E-state index is 12.8. The Kier molecular flexibility index (Phi) is 7.06.